The number of hydrogen-bond donors (Lipinski definition) is 0. The Bertz CT molecular complexity index is 228. The van der Waals surface area contributed by atoms with E-state index < -0.39 is 0 Å². The lowest BCUT2D eigenvalue weighted by Gasteiger charge is -2.01. The van der Waals surface area contributed by atoms with Crippen molar-refractivity contribution in [3.05, 3.63) is 12.2 Å². The van der Waals surface area contributed by atoms with Gasteiger partial charge < -0.3 is 4.74 Å². The van der Waals surface area contributed by atoms with Gasteiger partial charge in [-0.3, -0.25) is 4.79 Å². The molecule has 0 rings (SSSR count). The molecule has 0 aliphatic rings. The van der Waals surface area contributed by atoms with Crippen LogP contribution in [0.1, 0.15) is 45.4 Å². The number of carbonyl (C=O) groups excluding carboxylic acids is 1. The fourth-order valence-electron chi connectivity index (χ4n) is 1.25. The van der Waals surface area contributed by atoms with Crippen molar-refractivity contribution < 1.29 is 9.53 Å². The standard InChI is InChI=1S/C12H19NO2/c1-2-15-12(14)10-8-6-4-3-5-7-9-11-13/h7,9H,2-6,8,10H2,1H3/b9-7+. The molecule has 3 nitrogen and oxygen atoms in total. The van der Waals surface area contributed by atoms with E-state index in [2.05, 4.69) is 0 Å². The van der Waals surface area contributed by atoms with Crippen LogP contribution in [0.25, 0.3) is 0 Å². The van der Waals surface area contributed by atoms with Gasteiger partial charge in [0.1, 0.15) is 0 Å². The third-order valence-electron chi connectivity index (χ3n) is 2.00. The summed E-state index contributed by atoms with van der Waals surface area (Å²) in [5, 5.41) is 8.23. The fraction of sp³-hybridized carbons (Fsp3) is 0.667. The highest BCUT2D eigenvalue weighted by Crippen LogP contribution is 2.06. The summed E-state index contributed by atoms with van der Waals surface area (Å²) in [6.45, 7) is 2.29. The number of allylic oxidation sites excluding steroid dienone is 2. The molecule has 15 heavy (non-hydrogen) atoms. The van der Waals surface area contributed by atoms with Gasteiger partial charge in [-0.2, -0.15) is 5.26 Å². The van der Waals surface area contributed by atoms with Gasteiger partial charge in [0.15, 0.2) is 0 Å². The van der Waals surface area contributed by atoms with Crippen LogP contribution < -0.4 is 0 Å². The number of nitrogens with zero attached hydrogens (tertiary/aromatic N) is 1. The van der Waals surface area contributed by atoms with E-state index in [0.29, 0.717) is 13.0 Å². The summed E-state index contributed by atoms with van der Waals surface area (Å²) in [7, 11) is 0. The van der Waals surface area contributed by atoms with Gasteiger partial charge in [0.25, 0.3) is 0 Å². The van der Waals surface area contributed by atoms with Gasteiger partial charge in [0, 0.05) is 12.5 Å². The first-order chi connectivity index (χ1) is 7.31. The van der Waals surface area contributed by atoms with Gasteiger partial charge in [-0.25, -0.2) is 0 Å². The normalized spacial score (nSPS) is 10.1. The average molecular weight is 209 g/mol. The Hall–Kier alpha value is -1.30. The molecular formula is C12H19NO2. The summed E-state index contributed by atoms with van der Waals surface area (Å²) in [6, 6.07) is 1.96. The molecular weight excluding hydrogens is 190 g/mol. The maximum Gasteiger partial charge on any atom is 0.305 e. The molecule has 0 saturated heterocycles. The molecule has 0 spiro atoms. The summed E-state index contributed by atoms with van der Waals surface area (Å²) in [4.78, 5) is 10.9. The minimum atomic E-state index is -0.0955. The van der Waals surface area contributed by atoms with Gasteiger partial charge in [-0.05, 0) is 26.2 Å². The smallest absolute Gasteiger partial charge is 0.305 e. The van der Waals surface area contributed by atoms with Crippen LogP contribution in [0.2, 0.25) is 0 Å². The Labute approximate surface area is 91.7 Å². The molecule has 84 valence electrons. The van der Waals surface area contributed by atoms with Crippen molar-refractivity contribution in [3.63, 3.8) is 0 Å². The van der Waals surface area contributed by atoms with E-state index in [9.17, 15) is 4.79 Å². The summed E-state index contributed by atoms with van der Waals surface area (Å²) < 4.78 is 4.82. The van der Waals surface area contributed by atoms with Crippen LogP contribution in [-0.4, -0.2) is 12.6 Å². The highest BCUT2D eigenvalue weighted by molar-refractivity contribution is 5.69. The van der Waals surface area contributed by atoms with Crippen LogP contribution in [-0.2, 0) is 9.53 Å². The zero-order chi connectivity index (χ0) is 11.4. The van der Waals surface area contributed by atoms with E-state index in [-0.39, 0.29) is 5.97 Å². The molecule has 0 saturated carbocycles. The minimum Gasteiger partial charge on any atom is -0.466 e. The Morgan fingerprint density at radius 1 is 1.33 bits per heavy atom. The van der Waals surface area contributed by atoms with Gasteiger partial charge in [-0.1, -0.05) is 18.9 Å². The third kappa shape index (κ3) is 10.6. The molecule has 0 N–H and O–H groups in total. The van der Waals surface area contributed by atoms with Gasteiger partial charge >= 0.3 is 5.97 Å². The highest BCUT2D eigenvalue weighted by Gasteiger charge is 1.99. The Kier molecular flexibility index (Phi) is 9.84. The Morgan fingerprint density at radius 3 is 2.73 bits per heavy atom. The molecule has 0 bridgehead atoms. The van der Waals surface area contributed by atoms with Crippen LogP contribution in [0, 0.1) is 11.3 Å². The van der Waals surface area contributed by atoms with E-state index in [1.54, 1.807) is 0 Å². The molecule has 0 aliphatic carbocycles. The van der Waals surface area contributed by atoms with Crippen LogP contribution in [0.15, 0.2) is 12.2 Å². The van der Waals surface area contributed by atoms with Crippen molar-refractivity contribution in [3.8, 4) is 6.07 Å². The number of ether oxygens (including phenoxy) is 1. The molecule has 0 aromatic heterocycles. The zero-order valence-corrected chi connectivity index (χ0v) is 9.37. The fourth-order valence-corrected chi connectivity index (χ4v) is 1.25. The lowest BCUT2D eigenvalue weighted by atomic mass is 10.1. The summed E-state index contributed by atoms with van der Waals surface area (Å²) in [5.41, 5.74) is 0. The topological polar surface area (TPSA) is 50.1 Å². The SMILES string of the molecule is CCOC(=O)CCCCCC/C=C/C#N. The molecule has 3 heteroatoms. The van der Waals surface area contributed by atoms with Crippen molar-refractivity contribution in [2.24, 2.45) is 0 Å². The van der Waals surface area contributed by atoms with E-state index >= 15 is 0 Å². The average Bonchev–Trinajstić information content (AvgIpc) is 2.22. The second kappa shape index (κ2) is 10.8. The van der Waals surface area contributed by atoms with E-state index in [1.165, 1.54) is 6.08 Å². The number of nitriles is 1. The van der Waals surface area contributed by atoms with E-state index in [1.807, 2.05) is 19.1 Å². The van der Waals surface area contributed by atoms with E-state index in [0.717, 1.165) is 32.1 Å². The van der Waals surface area contributed by atoms with Crippen molar-refractivity contribution in [2.75, 3.05) is 6.61 Å². The zero-order valence-electron chi connectivity index (χ0n) is 9.37. The largest absolute Gasteiger partial charge is 0.466 e. The van der Waals surface area contributed by atoms with Crippen molar-refractivity contribution in [1.82, 2.24) is 0 Å². The number of unbranched alkanes of at least 4 members (excludes halogenated alkanes) is 4. The minimum absolute atomic E-state index is 0.0955. The maximum atomic E-state index is 10.9. The Balaban J connectivity index is 3.15. The lowest BCUT2D eigenvalue weighted by molar-refractivity contribution is -0.143. The Morgan fingerprint density at radius 2 is 2.07 bits per heavy atom. The number of hydrogen-bond acceptors (Lipinski definition) is 3. The molecule has 0 amide bonds. The van der Waals surface area contributed by atoms with Gasteiger partial charge in [0.05, 0.1) is 12.7 Å². The van der Waals surface area contributed by atoms with Crippen LogP contribution in [0.4, 0.5) is 0 Å². The van der Waals surface area contributed by atoms with E-state index in [4.69, 9.17) is 10.00 Å². The second-order valence-corrected chi connectivity index (χ2v) is 3.29. The first kappa shape index (κ1) is 13.7. The summed E-state index contributed by atoms with van der Waals surface area (Å²) in [6.07, 6.45) is 9.02. The summed E-state index contributed by atoms with van der Waals surface area (Å²) >= 11 is 0. The van der Waals surface area contributed by atoms with Crippen molar-refractivity contribution in [1.29, 1.82) is 5.26 Å². The molecule has 0 aromatic rings. The monoisotopic (exact) mass is 209 g/mol. The molecule has 0 heterocycles. The quantitative estimate of drug-likeness (QED) is 0.351. The third-order valence-corrected chi connectivity index (χ3v) is 2.00. The number of esters is 1. The lowest BCUT2D eigenvalue weighted by Crippen LogP contribution is -2.02. The number of rotatable bonds is 8. The van der Waals surface area contributed by atoms with Gasteiger partial charge in [0.2, 0.25) is 0 Å². The highest BCUT2D eigenvalue weighted by atomic mass is 16.5. The van der Waals surface area contributed by atoms with Crippen LogP contribution in [0.5, 0.6) is 0 Å². The molecule has 0 radical (unpaired) electrons. The first-order valence-electron chi connectivity index (χ1n) is 5.51. The maximum absolute atomic E-state index is 10.9. The van der Waals surface area contributed by atoms with Crippen molar-refractivity contribution >= 4 is 5.97 Å². The second-order valence-electron chi connectivity index (χ2n) is 3.29. The predicted molar refractivity (Wildman–Crippen MR) is 59.1 cm³/mol. The summed E-state index contributed by atoms with van der Waals surface area (Å²) in [5.74, 6) is -0.0955. The van der Waals surface area contributed by atoms with Crippen molar-refractivity contribution in [2.45, 2.75) is 45.4 Å². The molecule has 0 aromatic carbocycles. The first-order valence-corrected chi connectivity index (χ1v) is 5.51. The van der Waals surface area contributed by atoms with Gasteiger partial charge in [-0.15, -0.1) is 0 Å². The van der Waals surface area contributed by atoms with Crippen LogP contribution in [0.3, 0.4) is 0 Å². The molecule has 0 aliphatic heterocycles. The van der Waals surface area contributed by atoms with Crippen LogP contribution >= 0.6 is 0 Å². The molecule has 0 unspecified atom stereocenters. The molecule has 0 atom stereocenters. The molecule has 0 fully saturated rings. The predicted octanol–water partition coefficient (Wildman–Crippen LogP) is 2.97. The number of carbonyl (C=O) groups is 1.